The first kappa shape index (κ1) is 10.6. The van der Waals surface area contributed by atoms with Crippen molar-refractivity contribution in [3.63, 3.8) is 0 Å². The van der Waals surface area contributed by atoms with Gasteiger partial charge >= 0.3 is 0 Å². The summed E-state index contributed by atoms with van der Waals surface area (Å²) < 4.78 is 0. The zero-order valence-corrected chi connectivity index (χ0v) is 9.57. The van der Waals surface area contributed by atoms with Gasteiger partial charge in [0.25, 0.3) is 5.56 Å². The molecule has 16 heavy (non-hydrogen) atoms. The minimum absolute atomic E-state index is 0.0632. The molecule has 0 unspecified atom stereocenters. The van der Waals surface area contributed by atoms with Crippen LogP contribution in [0.25, 0.3) is 10.6 Å². The number of aromatic amines is 2. The van der Waals surface area contributed by atoms with Crippen LogP contribution in [0.15, 0.2) is 4.79 Å². The summed E-state index contributed by atoms with van der Waals surface area (Å²) in [6.45, 7) is 3.20. The number of hydrogen-bond donors (Lipinski definition) is 3. The first-order valence-corrected chi connectivity index (χ1v) is 5.37. The van der Waals surface area contributed by atoms with Gasteiger partial charge in [0.1, 0.15) is 16.4 Å². The van der Waals surface area contributed by atoms with E-state index in [1.165, 1.54) is 18.3 Å². The second kappa shape index (κ2) is 3.60. The van der Waals surface area contributed by atoms with Crippen LogP contribution in [0, 0.1) is 6.92 Å². The minimum atomic E-state index is -0.332. The summed E-state index contributed by atoms with van der Waals surface area (Å²) in [7, 11) is 0. The maximum absolute atomic E-state index is 11.4. The highest BCUT2D eigenvalue weighted by atomic mass is 32.1. The van der Waals surface area contributed by atoms with E-state index in [0.29, 0.717) is 21.1 Å². The van der Waals surface area contributed by atoms with Gasteiger partial charge in [0.2, 0.25) is 0 Å². The number of nitrogens with two attached hydrogens (primary N) is 1. The lowest BCUT2D eigenvalue weighted by molar-refractivity contribution is 0.102. The fraction of sp³-hybridized carbons (Fsp3) is 0.222. The van der Waals surface area contributed by atoms with E-state index in [1.807, 2.05) is 0 Å². The Morgan fingerprint density at radius 1 is 1.44 bits per heavy atom. The van der Waals surface area contributed by atoms with Crippen LogP contribution in [0.4, 0.5) is 5.82 Å². The average molecular weight is 238 g/mol. The molecule has 0 atom stereocenters. The summed E-state index contributed by atoms with van der Waals surface area (Å²) in [5.74, 6) is 0.167. The normalized spacial score (nSPS) is 10.6. The highest BCUT2D eigenvalue weighted by Crippen LogP contribution is 2.28. The van der Waals surface area contributed by atoms with Crippen LogP contribution >= 0.6 is 11.3 Å². The predicted molar refractivity (Wildman–Crippen MR) is 61.7 cm³/mol. The molecule has 6 nitrogen and oxygen atoms in total. The van der Waals surface area contributed by atoms with Crippen molar-refractivity contribution in [3.8, 4) is 10.6 Å². The first-order chi connectivity index (χ1) is 7.50. The van der Waals surface area contributed by atoms with Crippen LogP contribution in [-0.4, -0.2) is 21.0 Å². The fourth-order valence-corrected chi connectivity index (χ4v) is 2.43. The van der Waals surface area contributed by atoms with E-state index in [-0.39, 0.29) is 17.2 Å². The Bertz CT molecular complexity index is 607. The van der Waals surface area contributed by atoms with Crippen molar-refractivity contribution >= 4 is 22.9 Å². The van der Waals surface area contributed by atoms with Crippen LogP contribution in [0.1, 0.15) is 22.3 Å². The van der Waals surface area contributed by atoms with Gasteiger partial charge in [-0.2, -0.15) is 0 Å². The van der Waals surface area contributed by atoms with Gasteiger partial charge in [-0.05, 0) is 6.92 Å². The van der Waals surface area contributed by atoms with Crippen LogP contribution in [-0.2, 0) is 0 Å². The molecule has 2 aromatic heterocycles. The Balaban J connectivity index is 2.62. The summed E-state index contributed by atoms with van der Waals surface area (Å²) in [6, 6.07) is 0. The lowest BCUT2D eigenvalue weighted by atomic mass is 10.3. The van der Waals surface area contributed by atoms with E-state index in [0.717, 1.165) is 0 Å². The number of aryl methyl sites for hydroxylation is 1. The summed E-state index contributed by atoms with van der Waals surface area (Å²) in [5.41, 5.74) is 6.18. The topological polar surface area (TPSA) is 105 Å². The van der Waals surface area contributed by atoms with Crippen LogP contribution < -0.4 is 11.3 Å². The van der Waals surface area contributed by atoms with Gasteiger partial charge in [0.05, 0.1) is 10.6 Å². The van der Waals surface area contributed by atoms with Crippen molar-refractivity contribution in [2.24, 2.45) is 0 Å². The number of nitrogens with zero attached hydrogens (tertiary/aromatic N) is 1. The monoisotopic (exact) mass is 238 g/mol. The van der Waals surface area contributed by atoms with Gasteiger partial charge in [-0.3, -0.25) is 19.8 Å². The second-order valence-corrected chi connectivity index (χ2v) is 4.36. The zero-order valence-electron chi connectivity index (χ0n) is 8.75. The number of carbonyl (C=O) groups is 1. The standard InChI is InChI=1S/C9H10N4O2S/c1-3-6(4(2)14)16-9(11-3)5-7(10)12-13-8(5)15/h1-2H3,(H4,10,12,13,15). The SMILES string of the molecule is CC(=O)c1sc(-c2c(N)[nH][nH]c2=O)nc1C. The van der Waals surface area contributed by atoms with Gasteiger partial charge in [0, 0.05) is 6.92 Å². The Labute approximate surface area is 94.5 Å². The van der Waals surface area contributed by atoms with Crippen LogP contribution in [0.5, 0.6) is 0 Å². The molecule has 0 bridgehead atoms. The molecule has 7 heteroatoms. The lowest BCUT2D eigenvalue weighted by Crippen LogP contribution is -2.02. The summed E-state index contributed by atoms with van der Waals surface area (Å²) in [4.78, 5) is 27.4. The highest BCUT2D eigenvalue weighted by Gasteiger charge is 2.17. The number of H-pyrrole nitrogens is 2. The Hall–Kier alpha value is -1.89. The molecule has 0 aliphatic carbocycles. The Morgan fingerprint density at radius 3 is 2.56 bits per heavy atom. The molecule has 0 aromatic carbocycles. The second-order valence-electron chi connectivity index (χ2n) is 3.36. The van der Waals surface area contributed by atoms with E-state index < -0.39 is 0 Å². The molecule has 0 amide bonds. The van der Waals surface area contributed by atoms with E-state index in [1.54, 1.807) is 6.92 Å². The van der Waals surface area contributed by atoms with E-state index in [9.17, 15) is 9.59 Å². The fourth-order valence-electron chi connectivity index (χ4n) is 1.41. The number of hydrogen-bond acceptors (Lipinski definition) is 5. The number of aromatic nitrogens is 3. The molecule has 0 aliphatic rings. The third-order valence-electron chi connectivity index (χ3n) is 2.14. The van der Waals surface area contributed by atoms with Crippen molar-refractivity contribution < 1.29 is 4.79 Å². The number of Topliss-reactive ketones (excluding diaryl/α,β-unsaturated/α-hetero) is 1. The number of carbonyl (C=O) groups excluding carboxylic acids is 1. The van der Waals surface area contributed by atoms with E-state index in [2.05, 4.69) is 15.2 Å². The maximum atomic E-state index is 11.4. The molecule has 0 radical (unpaired) electrons. The molecule has 0 fully saturated rings. The zero-order chi connectivity index (χ0) is 11.9. The highest BCUT2D eigenvalue weighted by molar-refractivity contribution is 7.17. The van der Waals surface area contributed by atoms with E-state index >= 15 is 0 Å². The number of nitrogen functional groups attached to an aromatic ring is 1. The molecule has 0 saturated heterocycles. The average Bonchev–Trinajstić information content (AvgIpc) is 2.70. The number of anilines is 1. The molecular weight excluding hydrogens is 228 g/mol. The number of thiazole rings is 1. The number of nitrogens with one attached hydrogen (secondary N) is 2. The Kier molecular flexibility index (Phi) is 2.39. The molecule has 2 aromatic rings. The van der Waals surface area contributed by atoms with Crippen molar-refractivity contribution in [2.45, 2.75) is 13.8 Å². The smallest absolute Gasteiger partial charge is 0.276 e. The molecule has 4 N–H and O–H groups in total. The van der Waals surface area contributed by atoms with Gasteiger partial charge < -0.3 is 5.73 Å². The third kappa shape index (κ3) is 1.54. The molecular formula is C9H10N4O2S. The number of rotatable bonds is 2. The van der Waals surface area contributed by atoms with Gasteiger partial charge in [-0.1, -0.05) is 0 Å². The van der Waals surface area contributed by atoms with Crippen LogP contribution in [0.3, 0.4) is 0 Å². The largest absolute Gasteiger partial charge is 0.383 e. The Morgan fingerprint density at radius 2 is 2.12 bits per heavy atom. The minimum Gasteiger partial charge on any atom is -0.383 e. The van der Waals surface area contributed by atoms with Crippen molar-refractivity contribution in [2.75, 3.05) is 5.73 Å². The van der Waals surface area contributed by atoms with Crippen molar-refractivity contribution in [1.82, 2.24) is 15.2 Å². The summed E-state index contributed by atoms with van der Waals surface area (Å²) >= 11 is 1.17. The lowest BCUT2D eigenvalue weighted by Gasteiger charge is -1.89. The number of ketones is 1. The first-order valence-electron chi connectivity index (χ1n) is 4.55. The third-order valence-corrected chi connectivity index (χ3v) is 3.41. The van der Waals surface area contributed by atoms with Gasteiger partial charge in [0.15, 0.2) is 5.78 Å². The van der Waals surface area contributed by atoms with Crippen molar-refractivity contribution in [1.29, 1.82) is 0 Å². The van der Waals surface area contributed by atoms with E-state index in [4.69, 9.17) is 5.73 Å². The molecule has 0 aliphatic heterocycles. The van der Waals surface area contributed by atoms with Gasteiger partial charge in [-0.15, -0.1) is 11.3 Å². The summed E-state index contributed by atoms with van der Waals surface area (Å²) in [5, 5.41) is 5.35. The molecule has 2 heterocycles. The summed E-state index contributed by atoms with van der Waals surface area (Å²) in [6.07, 6.45) is 0. The molecule has 2 rings (SSSR count). The van der Waals surface area contributed by atoms with Gasteiger partial charge in [-0.25, -0.2) is 4.98 Å². The molecule has 0 spiro atoms. The van der Waals surface area contributed by atoms with Crippen LogP contribution in [0.2, 0.25) is 0 Å². The quantitative estimate of drug-likeness (QED) is 0.676. The molecule has 84 valence electrons. The maximum Gasteiger partial charge on any atom is 0.276 e. The van der Waals surface area contributed by atoms with Crippen molar-refractivity contribution in [3.05, 3.63) is 20.9 Å². The molecule has 0 saturated carbocycles. The predicted octanol–water partition coefficient (Wildman–Crippen LogP) is 0.920.